The maximum atomic E-state index is 11.1. The molecule has 2 N–H and O–H groups in total. The molecule has 3 heterocycles. The largest absolute Gasteiger partial charge is 0.465 e. The van der Waals surface area contributed by atoms with Gasteiger partial charge in [0.1, 0.15) is 0 Å². The van der Waals surface area contributed by atoms with Crippen LogP contribution < -0.4 is 0 Å². The van der Waals surface area contributed by atoms with Crippen LogP contribution in [-0.4, -0.2) is 50.0 Å². The number of benzene rings is 1. The summed E-state index contributed by atoms with van der Waals surface area (Å²) in [6.45, 7) is 1.05. The lowest BCUT2D eigenvalue weighted by molar-refractivity contribution is -0.155. The molecule has 1 saturated heterocycles. The number of aliphatic hydroxyl groups is 1. The number of aliphatic hydroxyl groups excluding tert-OH is 1. The van der Waals surface area contributed by atoms with Crippen LogP contribution in [0.15, 0.2) is 36.8 Å². The predicted octanol–water partition coefficient (Wildman–Crippen LogP) is 2.59. The highest BCUT2D eigenvalue weighted by Crippen LogP contribution is 2.59. The van der Waals surface area contributed by atoms with Crippen LogP contribution in [0, 0.1) is 11.3 Å². The van der Waals surface area contributed by atoms with E-state index in [4.69, 9.17) is 5.11 Å². The average Bonchev–Trinajstić information content (AvgIpc) is 3.21. The van der Waals surface area contributed by atoms with Gasteiger partial charge in [-0.05, 0) is 24.8 Å². The normalized spacial score (nSPS) is 29.2. The topological polar surface area (TPSA) is 78.6 Å². The van der Waals surface area contributed by atoms with Gasteiger partial charge in [-0.1, -0.05) is 24.3 Å². The summed E-state index contributed by atoms with van der Waals surface area (Å²) in [6, 6.07) is 8.50. The fraction of sp³-hybridized carbons (Fsp3) is 0.474. The van der Waals surface area contributed by atoms with E-state index < -0.39 is 12.2 Å². The van der Waals surface area contributed by atoms with Crippen molar-refractivity contribution in [2.24, 2.45) is 11.3 Å². The Bertz CT molecular complexity index is 838. The molecule has 1 spiro atoms. The standard InChI is InChI=1S/C19H21N3O3/c23-17-14(9-19(17)5-7-21(8-6-19)18(24)25)16-13-4-2-1-3-12(13)15-10-20-11-22(15)16/h1-4,10-11,14,16-17,23H,5-9H2,(H,24,25). The van der Waals surface area contributed by atoms with Gasteiger partial charge in [-0.25, -0.2) is 9.78 Å². The summed E-state index contributed by atoms with van der Waals surface area (Å²) in [5.41, 5.74) is 3.48. The molecule has 6 nitrogen and oxygen atoms in total. The van der Waals surface area contributed by atoms with Crippen molar-refractivity contribution in [1.82, 2.24) is 14.5 Å². The monoisotopic (exact) mass is 339 g/mol. The summed E-state index contributed by atoms with van der Waals surface area (Å²) in [4.78, 5) is 16.9. The molecule has 1 aliphatic carbocycles. The number of amides is 1. The maximum absolute atomic E-state index is 11.1. The zero-order valence-corrected chi connectivity index (χ0v) is 13.9. The second-order valence-electron chi connectivity index (χ2n) is 7.66. The Morgan fingerprint density at radius 3 is 2.72 bits per heavy atom. The number of nitrogens with zero attached hydrogens (tertiary/aromatic N) is 3. The maximum Gasteiger partial charge on any atom is 0.407 e. The lowest BCUT2D eigenvalue weighted by Gasteiger charge is -2.57. The van der Waals surface area contributed by atoms with Crippen molar-refractivity contribution in [3.05, 3.63) is 42.4 Å². The molecular weight excluding hydrogens is 318 g/mol. The Hall–Kier alpha value is -2.34. The zero-order valence-electron chi connectivity index (χ0n) is 13.9. The lowest BCUT2D eigenvalue weighted by atomic mass is 9.53. The van der Waals surface area contributed by atoms with E-state index in [-0.39, 0.29) is 17.4 Å². The first-order chi connectivity index (χ1) is 12.1. The van der Waals surface area contributed by atoms with Crippen molar-refractivity contribution in [2.45, 2.75) is 31.4 Å². The molecule has 2 aliphatic heterocycles. The number of carbonyl (C=O) groups is 1. The molecule has 3 atom stereocenters. The first kappa shape index (κ1) is 15.0. The predicted molar refractivity (Wildman–Crippen MR) is 91.2 cm³/mol. The van der Waals surface area contributed by atoms with E-state index in [9.17, 15) is 9.90 Å². The van der Waals surface area contributed by atoms with Crippen molar-refractivity contribution in [2.75, 3.05) is 13.1 Å². The van der Waals surface area contributed by atoms with Crippen LogP contribution in [0.5, 0.6) is 0 Å². The summed E-state index contributed by atoms with van der Waals surface area (Å²) in [6.07, 6.45) is 4.96. The minimum atomic E-state index is -0.854. The van der Waals surface area contributed by atoms with E-state index in [0.717, 1.165) is 25.0 Å². The Morgan fingerprint density at radius 1 is 1.24 bits per heavy atom. The fourth-order valence-electron chi connectivity index (χ4n) is 5.23. The fourth-order valence-corrected chi connectivity index (χ4v) is 5.23. The van der Waals surface area contributed by atoms with E-state index in [2.05, 4.69) is 27.8 Å². The number of imidazole rings is 1. The summed E-state index contributed by atoms with van der Waals surface area (Å²) >= 11 is 0. The van der Waals surface area contributed by atoms with Gasteiger partial charge in [-0.3, -0.25) is 0 Å². The van der Waals surface area contributed by atoms with Gasteiger partial charge >= 0.3 is 6.09 Å². The number of fused-ring (bicyclic) bond motifs is 3. The van der Waals surface area contributed by atoms with Gasteiger partial charge in [-0.15, -0.1) is 0 Å². The number of hydrogen-bond acceptors (Lipinski definition) is 3. The van der Waals surface area contributed by atoms with Crippen LogP contribution in [0.4, 0.5) is 4.79 Å². The van der Waals surface area contributed by atoms with Gasteiger partial charge in [0.05, 0.1) is 30.4 Å². The van der Waals surface area contributed by atoms with Gasteiger partial charge in [-0.2, -0.15) is 0 Å². The average molecular weight is 339 g/mol. The first-order valence-corrected chi connectivity index (χ1v) is 8.88. The molecule has 130 valence electrons. The summed E-state index contributed by atoms with van der Waals surface area (Å²) in [7, 11) is 0. The summed E-state index contributed by atoms with van der Waals surface area (Å²) < 4.78 is 2.19. The Balaban J connectivity index is 1.41. The van der Waals surface area contributed by atoms with Crippen LogP contribution in [0.25, 0.3) is 11.3 Å². The number of rotatable bonds is 1. The van der Waals surface area contributed by atoms with Crippen LogP contribution in [0.2, 0.25) is 0 Å². The van der Waals surface area contributed by atoms with Crippen LogP contribution >= 0.6 is 0 Å². The molecule has 2 aromatic rings. The second-order valence-corrected chi connectivity index (χ2v) is 7.66. The molecule has 1 aromatic carbocycles. The van der Waals surface area contributed by atoms with E-state index in [1.807, 2.05) is 18.6 Å². The Labute approximate surface area is 145 Å². The van der Waals surface area contributed by atoms with Gasteiger partial charge in [0.25, 0.3) is 0 Å². The van der Waals surface area contributed by atoms with E-state index in [1.165, 1.54) is 16.0 Å². The third-order valence-corrected chi connectivity index (χ3v) is 6.63. The smallest absolute Gasteiger partial charge is 0.407 e. The van der Waals surface area contributed by atoms with E-state index in [1.54, 1.807) is 0 Å². The quantitative estimate of drug-likeness (QED) is 0.837. The minimum absolute atomic E-state index is 0.116. The van der Waals surface area contributed by atoms with Crippen molar-refractivity contribution in [3.63, 3.8) is 0 Å². The highest BCUT2D eigenvalue weighted by Gasteiger charge is 2.58. The van der Waals surface area contributed by atoms with Crippen molar-refractivity contribution in [1.29, 1.82) is 0 Å². The molecule has 6 heteroatoms. The highest BCUT2D eigenvalue weighted by molar-refractivity contribution is 5.69. The van der Waals surface area contributed by atoms with Crippen molar-refractivity contribution < 1.29 is 15.0 Å². The molecule has 3 unspecified atom stereocenters. The molecule has 3 aliphatic rings. The molecule has 5 rings (SSSR count). The van der Waals surface area contributed by atoms with Crippen LogP contribution in [0.3, 0.4) is 0 Å². The highest BCUT2D eigenvalue weighted by atomic mass is 16.4. The number of hydrogen-bond donors (Lipinski definition) is 2. The summed E-state index contributed by atoms with van der Waals surface area (Å²) in [5, 5.41) is 20.2. The summed E-state index contributed by atoms with van der Waals surface area (Å²) in [5.74, 6) is 0.160. The van der Waals surface area contributed by atoms with Gasteiger partial charge < -0.3 is 19.7 Å². The molecule has 0 bridgehead atoms. The SMILES string of the molecule is O=C(O)N1CCC2(CC1)CC(C1c3ccccc3-c3cncn31)C2O. The number of likely N-dealkylation sites (tertiary alicyclic amines) is 1. The third kappa shape index (κ3) is 1.94. The van der Waals surface area contributed by atoms with Crippen LogP contribution in [0.1, 0.15) is 30.9 Å². The first-order valence-electron chi connectivity index (χ1n) is 8.88. The lowest BCUT2D eigenvalue weighted by Crippen LogP contribution is -2.59. The molecule has 1 amide bonds. The van der Waals surface area contributed by atoms with Crippen molar-refractivity contribution >= 4 is 6.09 Å². The van der Waals surface area contributed by atoms with E-state index in [0.29, 0.717) is 13.1 Å². The second kappa shape index (κ2) is 5.08. The molecule has 1 saturated carbocycles. The number of carboxylic acid groups (broad SMARTS) is 1. The third-order valence-electron chi connectivity index (χ3n) is 6.63. The van der Waals surface area contributed by atoms with Gasteiger partial charge in [0.2, 0.25) is 0 Å². The zero-order chi connectivity index (χ0) is 17.2. The molecule has 2 fully saturated rings. The molecule has 0 radical (unpaired) electrons. The number of piperidine rings is 1. The number of aromatic nitrogens is 2. The van der Waals surface area contributed by atoms with E-state index >= 15 is 0 Å². The van der Waals surface area contributed by atoms with Crippen LogP contribution in [-0.2, 0) is 0 Å². The molecule has 1 aromatic heterocycles. The Morgan fingerprint density at radius 2 is 2.00 bits per heavy atom. The Kier molecular flexibility index (Phi) is 3.04. The molecular formula is C19H21N3O3. The molecule has 25 heavy (non-hydrogen) atoms. The van der Waals surface area contributed by atoms with Gasteiger partial charge in [0, 0.05) is 30.0 Å². The van der Waals surface area contributed by atoms with Crippen molar-refractivity contribution in [3.8, 4) is 11.3 Å². The minimum Gasteiger partial charge on any atom is -0.465 e. The van der Waals surface area contributed by atoms with Gasteiger partial charge in [0.15, 0.2) is 0 Å².